The number of aryl methyl sites for hydroxylation is 1. The number of anilines is 3. The van der Waals surface area contributed by atoms with Gasteiger partial charge in [-0.15, -0.1) is 0 Å². The highest BCUT2D eigenvalue weighted by molar-refractivity contribution is 6.31. The number of H-pyrrole nitrogens is 1. The fourth-order valence-corrected chi connectivity index (χ4v) is 6.87. The normalized spacial score (nSPS) is 16.3. The Morgan fingerprint density at radius 3 is 2.53 bits per heavy atom. The van der Waals surface area contributed by atoms with Crippen molar-refractivity contribution in [2.45, 2.75) is 58.2 Å². The van der Waals surface area contributed by atoms with E-state index in [0.717, 1.165) is 29.0 Å². The summed E-state index contributed by atoms with van der Waals surface area (Å²) >= 11 is 6.18. The van der Waals surface area contributed by atoms with Gasteiger partial charge < -0.3 is 29.4 Å². The van der Waals surface area contributed by atoms with E-state index in [1.165, 1.54) is 12.3 Å². The molecule has 0 bridgehead atoms. The largest absolute Gasteiger partial charge is 0.459 e. The van der Waals surface area contributed by atoms with Crippen LogP contribution in [-0.2, 0) is 16.0 Å². The summed E-state index contributed by atoms with van der Waals surface area (Å²) in [5, 5.41) is 12.2. The van der Waals surface area contributed by atoms with Gasteiger partial charge in [-0.3, -0.25) is 24.0 Å². The van der Waals surface area contributed by atoms with Crippen LogP contribution in [0.1, 0.15) is 54.6 Å². The number of nitrogens with one attached hydrogen (secondary N) is 2. The molecule has 0 unspecified atom stereocenters. The first kappa shape index (κ1) is 38.2. The van der Waals surface area contributed by atoms with E-state index in [4.69, 9.17) is 26.2 Å². The van der Waals surface area contributed by atoms with Crippen LogP contribution in [0.25, 0.3) is 10.9 Å². The zero-order valence-corrected chi connectivity index (χ0v) is 30.4. The fraction of sp³-hybridized carbons (Fsp3) is 0.459. The molecule has 2 fully saturated rings. The van der Waals surface area contributed by atoms with Gasteiger partial charge in [0.25, 0.3) is 5.56 Å². The number of rotatable bonds is 15. The average molecular weight is 757 g/mol. The van der Waals surface area contributed by atoms with E-state index in [1.807, 2.05) is 19.9 Å². The Morgan fingerprint density at radius 2 is 1.83 bits per heavy atom. The van der Waals surface area contributed by atoms with E-state index in [-0.39, 0.29) is 73.0 Å². The second-order valence-electron chi connectivity index (χ2n) is 13.5. The van der Waals surface area contributed by atoms with Gasteiger partial charge in [0.05, 0.1) is 30.7 Å². The van der Waals surface area contributed by atoms with Crippen molar-refractivity contribution in [2.24, 2.45) is 0 Å². The van der Waals surface area contributed by atoms with E-state index in [9.17, 15) is 19.2 Å². The summed E-state index contributed by atoms with van der Waals surface area (Å²) in [5.74, 6) is -2.39. The number of aliphatic hydroxyl groups excluding tert-OH is 1. The fourth-order valence-electron chi connectivity index (χ4n) is 6.69. The molecule has 1 aliphatic carbocycles. The first-order chi connectivity index (χ1) is 25.5. The lowest BCUT2D eigenvalue weighted by Gasteiger charge is -2.41. The summed E-state index contributed by atoms with van der Waals surface area (Å²) in [4.78, 5) is 58.2. The summed E-state index contributed by atoms with van der Waals surface area (Å²) in [6, 6.07) is 7.47. The van der Waals surface area contributed by atoms with E-state index in [1.54, 1.807) is 21.6 Å². The summed E-state index contributed by atoms with van der Waals surface area (Å²) in [6.45, 7) is 5.68. The summed E-state index contributed by atoms with van der Waals surface area (Å²) in [6.07, 6.45) is 4.00. The molecule has 6 rings (SSSR count). The van der Waals surface area contributed by atoms with Crippen molar-refractivity contribution in [2.75, 3.05) is 62.8 Å². The third kappa shape index (κ3) is 8.64. The van der Waals surface area contributed by atoms with Gasteiger partial charge in [-0.05, 0) is 69.8 Å². The maximum absolute atomic E-state index is 16.4. The number of aliphatic hydroxyl groups is 1. The van der Waals surface area contributed by atoms with Crippen LogP contribution in [0.15, 0.2) is 50.9 Å². The molecule has 3 N–H and O–H groups in total. The molecule has 1 atom stereocenters. The Balaban J connectivity index is 1.08. The molecule has 16 heteroatoms. The predicted octanol–water partition coefficient (Wildman–Crippen LogP) is 4.33. The van der Waals surface area contributed by atoms with Gasteiger partial charge in [0, 0.05) is 61.2 Å². The van der Waals surface area contributed by atoms with Gasteiger partial charge in [-0.1, -0.05) is 17.7 Å². The maximum Gasteiger partial charge on any atom is 0.343 e. The average Bonchev–Trinajstić information content (AvgIpc) is 3.96. The molecular formula is C37H43ClF2N6O7. The minimum atomic E-state index is -0.914. The second kappa shape index (κ2) is 16.6. The lowest BCUT2D eigenvalue weighted by atomic mass is 10.1. The van der Waals surface area contributed by atoms with Gasteiger partial charge in [0.15, 0.2) is 5.82 Å². The van der Waals surface area contributed by atoms with Gasteiger partial charge >= 0.3 is 11.7 Å². The smallest absolute Gasteiger partial charge is 0.343 e. The first-order valence-electron chi connectivity index (χ1n) is 17.8. The monoisotopic (exact) mass is 756 g/mol. The minimum Gasteiger partial charge on any atom is -0.459 e. The number of piperazine rings is 1. The number of fused-ring (bicyclic) bond motifs is 1. The van der Waals surface area contributed by atoms with Crippen molar-refractivity contribution in [1.29, 1.82) is 0 Å². The molecule has 2 aromatic carbocycles. The number of benzene rings is 2. The molecule has 2 aliphatic rings. The first-order valence-corrected chi connectivity index (χ1v) is 18.1. The zero-order valence-electron chi connectivity index (χ0n) is 29.6. The summed E-state index contributed by atoms with van der Waals surface area (Å²) in [5.41, 5.74) is -0.792. The van der Waals surface area contributed by atoms with Crippen LogP contribution in [0, 0.1) is 18.6 Å². The van der Waals surface area contributed by atoms with Gasteiger partial charge in [0.2, 0.25) is 5.43 Å². The second-order valence-corrected chi connectivity index (χ2v) is 13.9. The topological polar surface area (TPSA) is 151 Å². The number of hydrogen-bond acceptors (Lipinski definition) is 10. The Bertz CT molecular complexity index is 2140. The molecule has 2 aromatic heterocycles. The van der Waals surface area contributed by atoms with Crippen molar-refractivity contribution in [3.8, 4) is 0 Å². The molecule has 1 saturated heterocycles. The summed E-state index contributed by atoms with van der Waals surface area (Å²) < 4.78 is 45.1. The maximum atomic E-state index is 16.4. The number of ether oxygens (including phenoxy) is 2. The van der Waals surface area contributed by atoms with Crippen LogP contribution in [-0.4, -0.2) is 88.7 Å². The highest BCUT2D eigenvalue weighted by atomic mass is 35.5. The Labute approximate surface area is 308 Å². The molecule has 0 spiro atoms. The van der Waals surface area contributed by atoms with Crippen LogP contribution in [0.3, 0.4) is 0 Å². The molecule has 1 saturated carbocycles. The molecule has 284 valence electrons. The van der Waals surface area contributed by atoms with Crippen LogP contribution in [0.4, 0.5) is 26.0 Å². The van der Waals surface area contributed by atoms with Crippen LogP contribution < -0.4 is 26.9 Å². The van der Waals surface area contributed by atoms with Crippen LogP contribution in [0.2, 0.25) is 5.02 Å². The lowest BCUT2D eigenvalue weighted by Crippen LogP contribution is -2.52. The van der Waals surface area contributed by atoms with Gasteiger partial charge in [-0.2, -0.15) is 0 Å². The van der Waals surface area contributed by atoms with Crippen LogP contribution in [0.5, 0.6) is 0 Å². The zero-order chi connectivity index (χ0) is 37.8. The number of aromatic nitrogens is 3. The Kier molecular flexibility index (Phi) is 12.0. The molecule has 0 radical (unpaired) electrons. The molecular weight excluding hydrogens is 714 g/mol. The van der Waals surface area contributed by atoms with E-state index in [2.05, 4.69) is 15.2 Å². The lowest BCUT2D eigenvalue weighted by molar-refractivity contribution is 0.0256. The Morgan fingerprint density at radius 1 is 1.06 bits per heavy atom. The number of carbonyl (C=O) groups excluding carboxylic acids is 1. The predicted molar refractivity (Wildman–Crippen MR) is 198 cm³/mol. The van der Waals surface area contributed by atoms with Crippen molar-refractivity contribution in [3.63, 3.8) is 0 Å². The third-order valence-electron chi connectivity index (χ3n) is 9.67. The number of halogens is 3. The van der Waals surface area contributed by atoms with Crippen LogP contribution >= 0.6 is 11.6 Å². The summed E-state index contributed by atoms with van der Waals surface area (Å²) in [7, 11) is 0. The van der Waals surface area contributed by atoms with E-state index < -0.39 is 34.3 Å². The van der Waals surface area contributed by atoms with Gasteiger partial charge in [0.1, 0.15) is 29.5 Å². The minimum absolute atomic E-state index is 0.0244. The molecule has 4 aromatic rings. The number of nitrogens with zero attached hydrogens (tertiary/aromatic N) is 4. The van der Waals surface area contributed by atoms with Gasteiger partial charge in [-0.25, -0.2) is 18.4 Å². The Hall–Kier alpha value is -4.57. The quantitative estimate of drug-likeness (QED) is 0.118. The number of unbranched alkanes of at least 4 members (excludes halogenated alkanes) is 1. The molecule has 53 heavy (non-hydrogen) atoms. The van der Waals surface area contributed by atoms with Crippen molar-refractivity contribution in [3.05, 3.63) is 95.4 Å². The highest BCUT2D eigenvalue weighted by Gasteiger charge is 2.33. The number of carbonyl (C=O) groups is 1. The standard InChI is InChI=1S/C37H43ClF2N6O7/c1-22-5-6-24(17-28(22)38)41-30-19-31(48)45(37(51)42-30)10-4-3-9-43-11-12-44(20-23(43)2)34-29(39)18-26-33(32(34)40)46(25-7-8-25)21-27(35(26)49)36(50)53-16-15-52-14-13-47/h5-6,17-19,21,23,25,41,47H,3-4,7-16,20H2,1-2H3,(H,42,51)/t23-/m0/s1. The number of pyridine rings is 1. The number of aromatic amines is 1. The molecule has 0 amide bonds. The number of hydrogen-bond donors (Lipinski definition) is 3. The van der Waals surface area contributed by atoms with Crippen molar-refractivity contribution < 1.29 is 28.2 Å². The number of esters is 1. The van der Waals surface area contributed by atoms with Crippen molar-refractivity contribution in [1.82, 2.24) is 19.0 Å². The third-order valence-corrected chi connectivity index (χ3v) is 10.1. The van der Waals surface area contributed by atoms with Crippen molar-refractivity contribution >= 4 is 45.7 Å². The van der Waals surface area contributed by atoms with E-state index in [0.29, 0.717) is 49.7 Å². The molecule has 3 heterocycles. The highest BCUT2D eigenvalue weighted by Crippen LogP contribution is 2.40. The molecule has 1 aliphatic heterocycles. The SMILES string of the molecule is Cc1ccc(Nc2cc(=O)n(CCCCN3CCN(c4c(F)cc5c(=O)c(C(=O)OCCOCCO)cn(C6CC6)c5c4F)C[C@@H]3C)c(=O)[nH]2)cc1Cl. The van der Waals surface area contributed by atoms with E-state index >= 15 is 8.78 Å². The molecule has 13 nitrogen and oxygen atoms in total.